The van der Waals surface area contributed by atoms with Gasteiger partial charge >= 0.3 is 0 Å². The molecule has 1 aliphatic rings. The molecule has 1 aromatic carbocycles. The summed E-state index contributed by atoms with van der Waals surface area (Å²) in [6.07, 6.45) is 0. The number of nitrogens with zero attached hydrogens (tertiary/aromatic N) is 3. The Morgan fingerprint density at radius 3 is 2.57 bits per heavy atom. The largest absolute Gasteiger partial charge is 0.312 e. The fourth-order valence-electron chi connectivity index (χ4n) is 3.36. The Morgan fingerprint density at radius 2 is 1.87 bits per heavy atom. The Labute approximate surface area is 139 Å². The van der Waals surface area contributed by atoms with Crippen molar-refractivity contribution in [2.75, 3.05) is 19.6 Å². The number of aromatic nitrogens is 2. The van der Waals surface area contributed by atoms with E-state index in [0.29, 0.717) is 6.04 Å². The molecule has 0 radical (unpaired) electrons. The average molecular weight is 312 g/mol. The standard InChI is InChI=1S/C19H28N4/c1-14-5-7-18(8-6-14)12-23-17(4)19(16(3)21-23)13-22-10-9-20-15(2)11-22/h5-8,15,20H,9-13H2,1-4H3/t15-/m1/s1. The number of hydrogen-bond acceptors (Lipinski definition) is 3. The highest BCUT2D eigenvalue weighted by atomic mass is 15.3. The fourth-order valence-corrected chi connectivity index (χ4v) is 3.36. The third-order valence-corrected chi connectivity index (χ3v) is 4.82. The molecule has 0 saturated carbocycles. The van der Waals surface area contributed by atoms with E-state index in [1.165, 1.54) is 28.1 Å². The number of hydrogen-bond donors (Lipinski definition) is 1. The van der Waals surface area contributed by atoms with Crippen molar-refractivity contribution in [1.29, 1.82) is 0 Å². The van der Waals surface area contributed by atoms with Gasteiger partial charge in [0, 0.05) is 43.5 Å². The topological polar surface area (TPSA) is 33.1 Å². The molecule has 1 fully saturated rings. The van der Waals surface area contributed by atoms with Gasteiger partial charge in [-0.2, -0.15) is 5.10 Å². The Hall–Kier alpha value is -1.65. The smallest absolute Gasteiger partial charge is 0.0662 e. The predicted molar refractivity (Wildman–Crippen MR) is 94.7 cm³/mol. The van der Waals surface area contributed by atoms with Crippen molar-refractivity contribution in [2.45, 2.75) is 46.8 Å². The summed E-state index contributed by atoms with van der Waals surface area (Å²) in [5, 5.41) is 8.29. The highest BCUT2D eigenvalue weighted by Gasteiger charge is 2.19. The van der Waals surface area contributed by atoms with E-state index >= 15 is 0 Å². The van der Waals surface area contributed by atoms with E-state index in [9.17, 15) is 0 Å². The summed E-state index contributed by atoms with van der Waals surface area (Å²) in [6.45, 7) is 13.9. The van der Waals surface area contributed by atoms with Crippen molar-refractivity contribution in [3.05, 3.63) is 52.3 Å². The molecular weight excluding hydrogens is 284 g/mol. The van der Waals surface area contributed by atoms with Gasteiger partial charge in [0.15, 0.2) is 0 Å². The van der Waals surface area contributed by atoms with Gasteiger partial charge in [-0.15, -0.1) is 0 Å². The van der Waals surface area contributed by atoms with E-state index in [0.717, 1.165) is 32.7 Å². The first kappa shape index (κ1) is 16.2. The zero-order chi connectivity index (χ0) is 16.4. The molecule has 1 aromatic heterocycles. The highest BCUT2D eigenvalue weighted by Crippen LogP contribution is 2.18. The average Bonchev–Trinajstić information content (AvgIpc) is 2.77. The van der Waals surface area contributed by atoms with Gasteiger partial charge in [-0.1, -0.05) is 29.8 Å². The van der Waals surface area contributed by atoms with Crippen molar-refractivity contribution in [1.82, 2.24) is 20.0 Å². The lowest BCUT2D eigenvalue weighted by atomic mass is 10.1. The molecule has 1 aliphatic heterocycles. The number of piperazine rings is 1. The minimum Gasteiger partial charge on any atom is -0.312 e. The van der Waals surface area contributed by atoms with Gasteiger partial charge in [-0.25, -0.2) is 0 Å². The Balaban J connectivity index is 1.75. The van der Waals surface area contributed by atoms with Crippen molar-refractivity contribution in [3.8, 4) is 0 Å². The fraction of sp³-hybridized carbons (Fsp3) is 0.526. The second kappa shape index (κ2) is 6.85. The normalized spacial score (nSPS) is 19.2. The van der Waals surface area contributed by atoms with Crippen LogP contribution in [0.3, 0.4) is 0 Å². The SMILES string of the molecule is Cc1ccc(Cn2nc(C)c(CN3CCN[C@H](C)C3)c2C)cc1. The van der Waals surface area contributed by atoms with Crippen molar-refractivity contribution in [3.63, 3.8) is 0 Å². The lowest BCUT2D eigenvalue weighted by Gasteiger charge is -2.31. The molecule has 23 heavy (non-hydrogen) atoms. The Bertz CT molecular complexity index is 657. The minimum absolute atomic E-state index is 0.576. The second-order valence-corrected chi connectivity index (χ2v) is 6.88. The molecule has 3 rings (SSSR count). The van der Waals surface area contributed by atoms with E-state index in [1.54, 1.807) is 0 Å². The van der Waals surface area contributed by atoms with Crippen LogP contribution in [0.15, 0.2) is 24.3 Å². The van der Waals surface area contributed by atoms with Gasteiger partial charge in [0.2, 0.25) is 0 Å². The first-order valence-electron chi connectivity index (χ1n) is 8.57. The third kappa shape index (κ3) is 3.82. The molecule has 0 aliphatic carbocycles. The molecule has 1 saturated heterocycles. The summed E-state index contributed by atoms with van der Waals surface area (Å²) in [5.74, 6) is 0. The van der Waals surface area contributed by atoms with Crippen LogP contribution in [0, 0.1) is 20.8 Å². The van der Waals surface area contributed by atoms with Gasteiger partial charge in [-0.3, -0.25) is 9.58 Å². The van der Waals surface area contributed by atoms with Crippen LogP contribution >= 0.6 is 0 Å². The number of benzene rings is 1. The van der Waals surface area contributed by atoms with E-state index in [2.05, 4.69) is 66.9 Å². The van der Waals surface area contributed by atoms with Gasteiger partial charge in [0.05, 0.1) is 12.2 Å². The molecule has 0 amide bonds. The van der Waals surface area contributed by atoms with E-state index < -0.39 is 0 Å². The van der Waals surface area contributed by atoms with Crippen LogP contribution in [0.4, 0.5) is 0 Å². The van der Waals surface area contributed by atoms with Crippen LogP contribution in [-0.4, -0.2) is 40.4 Å². The predicted octanol–water partition coefficient (Wildman–Crippen LogP) is 2.65. The molecule has 0 unspecified atom stereocenters. The van der Waals surface area contributed by atoms with Crippen LogP contribution in [0.1, 0.15) is 35.0 Å². The van der Waals surface area contributed by atoms with Gasteiger partial charge in [0.1, 0.15) is 0 Å². The van der Waals surface area contributed by atoms with Crippen molar-refractivity contribution >= 4 is 0 Å². The van der Waals surface area contributed by atoms with E-state index in [-0.39, 0.29) is 0 Å². The quantitative estimate of drug-likeness (QED) is 0.942. The number of nitrogens with one attached hydrogen (secondary N) is 1. The summed E-state index contributed by atoms with van der Waals surface area (Å²) in [7, 11) is 0. The second-order valence-electron chi connectivity index (χ2n) is 6.88. The van der Waals surface area contributed by atoms with Crippen molar-refractivity contribution < 1.29 is 0 Å². The molecule has 0 bridgehead atoms. The molecule has 1 atom stereocenters. The first-order valence-corrected chi connectivity index (χ1v) is 8.57. The zero-order valence-corrected chi connectivity index (χ0v) is 14.8. The number of rotatable bonds is 4. The molecule has 4 heteroatoms. The molecule has 2 heterocycles. The van der Waals surface area contributed by atoms with Crippen molar-refractivity contribution in [2.24, 2.45) is 0 Å². The molecule has 1 N–H and O–H groups in total. The highest BCUT2D eigenvalue weighted by molar-refractivity contribution is 5.27. The maximum atomic E-state index is 4.79. The summed E-state index contributed by atoms with van der Waals surface area (Å²) in [4.78, 5) is 2.54. The third-order valence-electron chi connectivity index (χ3n) is 4.82. The van der Waals surface area contributed by atoms with Crippen LogP contribution in [0.25, 0.3) is 0 Å². The summed E-state index contributed by atoms with van der Waals surface area (Å²) < 4.78 is 2.15. The number of aryl methyl sites for hydroxylation is 2. The van der Waals surface area contributed by atoms with E-state index in [4.69, 9.17) is 5.10 Å². The van der Waals surface area contributed by atoms with Crippen LogP contribution in [0.2, 0.25) is 0 Å². The maximum absolute atomic E-state index is 4.79. The Kier molecular flexibility index (Phi) is 4.83. The molecule has 124 valence electrons. The summed E-state index contributed by atoms with van der Waals surface area (Å²) in [5.41, 5.74) is 6.47. The van der Waals surface area contributed by atoms with Crippen LogP contribution in [-0.2, 0) is 13.1 Å². The lowest BCUT2D eigenvalue weighted by Crippen LogP contribution is -2.48. The Morgan fingerprint density at radius 1 is 1.13 bits per heavy atom. The summed E-state index contributed by atoms with van der Waals surface area (Å²) >= 11 is 0. The van der Waals surface area contributed by atoms with Gasteiger partial charge in [-0.05, 0) is 33.3 Å². The first-order chi connectivity index (χ1) is 11.0. The molecule has 2 aromatic rings. The van der Waals surface area contributed by atoms with Crippen LogP contribution in [0.5, 0.6) is 0 Å². The zero-order valence-electron chi connectivity index (χ0n) is 14.8. The molecule has 0 spiro atoms. The van der Waals surface area contributed by atoms with Gasteiger partial charge in [0.25, 0.3) is 0 Å². The minimum atomic E-state index is 0.576. The maximum Gasteiger partial charge on any atom is 0.0662 e. The van der Waals surface area contributed by atoms with Gasteiger partial charge < -0.3 is 5.32 Å². The van der Waals surface area contributed by atoms with Crippen LogP contribution < -0.4 is 5.32 Å². The molecular formula is C19H28N4. The lowest BCUT2D eigenvalue weighted by molar-refractivity contribution is 0.199. The summed E-state index contributed by atoms with van der Waals surface area (Å²) in [6, 6.07) is 9.31. The molecule has 4 nitrogen and oxygen atoms in total. The van der Waals surface area contributed by atoms with E-state index in [1.807, 2.05) is 0 Å². The monoisotopic (exact) mass is 312 g/mol.